The van der Waals surface area contributed by atoms with Crippen LogP contribution in [0.3, 0.4) is 0 Å². The zero-order valence-corrected chi connectivity index (χ0v) is 9.95. The molecule has 0 saturated carbocycles. The predicted molar refractivity (Wildman–Crippen MR) is 63.1 cm³/mol. The van der Waals surface area contributed by atoms with Gasteiger partial charge in [-0.25, -0.2) is 4.98 Å². The third kappa shape index (κ3) is 3.23. The van der Waals surface area contributed by atoms with E-state index in [1.807, 2.05) is 0 Å². The summed E-state index contributed by atoms with van der Waals surface area (Å²) in [5, 5.41) is 11.6. The predicted octanol–water partition coefficient (Wildman–Crippen LogP) is 1.37. The molecule has 16 heavy (non-hydrogen) atoms. The number of rotatable bonds is 4. The van der Waals surface area contributed by atoms with E-state index in [0.29, 0.717) is 0 Å². The number of piperidine rings is 1. The molecule has 0 atom stereocenters. The summed E-state index contributed by atoms with van der Waals surface area (Å²) < 4.78 is 0. The van der Waals surface area contributed by atoms with Gasteiger partial charge in [-0.05, 0) is 38.3 Å². The standard InChI is InChI=1S/C12H20N4/c1-2-3-11-9-14-16-12(15-11)8-10-4-6-13-7-5-10/h9-10,13H,2-8H2,1H3. The molecule has 0 unspecified atom stereocenters. The summed E-state index contributed by atoms with van der Waals surface area (Å²) in [4.78, 5) is 4.56. The van der Waals surface area contributed by atoms with Crippen LogP contribution in [-0.2, 0) is 12.8 Å². The summed E-state index contributed by atoms with van der Waals surface area (Å²) in [5.41, 5.74) is 1.08. The van der Waals surface area contributed by atoms with Gasteiger partial charge in [0.25, 0.3) is 0 Å². The minimum Gasteiger partial charge on any atom is -0.317 e. The van der Waals surface area contributed by atoms with Crippen LogP contribution in [0.15, 0.2) is 6.20 Å². The molecule has 0 aliphatic carbocycles. The molecule has 0 spiro atoms. The second-order valence-corrected chi connectivity index (χ2v) is 4.51. The van der Waals surface area contributed by atoms with E-state index in [-0.39, 0.29) is 0 Å². The van der Waals surface area contributed by atoms with Crippen molar-refractivity contribution in [1.82, 2.24) is 20.5 Å². The van der Waals surface area contributed by atoms with E-state index in [2.05, 4.69) is 27.4 Å². The highest BCUT2D eigenvalue weighted by Crippen LogP contribution is 2.15. The number of aryl methyl sites for hydroxylation is 1. The first kappa shape index (κ1) is 11.5. The van der Waals surface area contributed by atoms with Crippen molar-refractivity contribution in [2.45, 2.75) is 39.0 Å². The topological polar surface area (TPSA) is 50.7 Å². The lowest BCUT2D eigenvalue weighted by Gasteiger charge is -2.21. The Morgan fingerprint density at radius 3 is 2.94 bits per heavy atom. The molecule has 0 bridgehead atoms. The summed E-state index contributed by atoms with van der Waals surface area (Å²) in [6.45, 7) is 4.42. The van der Waals surface area contributed by atoms with E-state index in [4.69, 9.17) is 0 Å². The monoisotopic (exact) mass is 220 g/mol. The van der Waals surface area contributed by atoms with Crippen LogP contribution >= 0.6 is 0 Å². The third-order valence-electron chi connectivity index (χ3n) is 3.09. The van der Waals surface area contributed by atoms with E-state index in [1.54, 1.807) is 6.20 Å². The van der Waals surface area contributed by atoms with Crippen LogP contribution in [0.1, 0.15) is 37.7 Å². The van der Waals surface area contributed by atoms with Crippen LogP contribution in [0, 0.1) is 5.92 Å². The quantitative estimate of drug-likeness (QED) is 0.832. The molecule has 1 aromatic heterocycles. The average molecular weight is 220 g/mol. The van der Waals surface area contributed by atoms with Crippen molar-refractivity contribution in [3.63, 3.8) is 0 Å². The number of hydrogen-bond donors (Lipinski definition) is 1. The largest absolute Gasteiger partial charge is 0.317 e. The van der Waals surface area contributed by atoms with Gasteiger partial charge in [-0.2, -0.15) is 5.10 Å². The summed E-state index contributed by atoms with van der Waals surface area (Å²) in [7, 11) is 0. The second-order valence-electron chi connectivity index (χ2n) is 4.51. The lowest BCUT2D eigenvalue weighted by molar-refractivity contribution is 0.365. The van der Waals surface area contributed by atoms with E-state index in [1.165, 1.54) is 12.8 Å². The molecule has 1 saturated heterocycles. The van der Waals surface area contributed by atoms with Gasteiger partial charge in [-0.3, -0.25) is 0 Å². The van der Waals surface area contributed by atoms with E-state index in [0.717, 1.165) is 49.8 Å². The molecular weight excluding hydrogens is 200 g/mol. The van der Waals surface area contributed by atoms with Crippen LogP contribution < -0.4 is 5.32 Å². The molecule has 0 aromatic carbocycles. The van der Waals surface area contributed by atoms with Gasteiger partial charge in [-0.15, -0.1) is 5.10 Å². The molecular formula is C12H20N4. The van der Waals surface area contributed by atoms with Gasteiger partial charge >= 0.3 is 0 Å². The van der Waals surface area contributed by atoms with Crippen molar-refractivity contribution in [2.75, 3.05) is 13.1 Å². The van der Waals surface area contributed by atoms with Crippen molar-refractivity contribution >= 4 is 0 Å². The molecule has 4 heteroatoms. The number of nitrogens with zero attached hydrogens (tertiary/aromatic N) is 3. The Bertz CT molecular complexity index is 321. The van der Waals surface area contributed by atoms with Crippen LogP contribution in [0.2, 0.25) is 0 Å². The Kier molecular flexibility index (Phi) is 4.22. The first-order valence-electron chi connectivity index (χ1n) is 6.26. The van der Waals surface area contributed by atoms with E-state index in [9.17, 15) is 0 Å². The molecule has 1 fully saturated rings. The molecule has 2 rings (SSSR count). The van der Waals surface area contributed by atoms with Gasteiger partial charge in [0.05, 0.1) is 11.9 Å². The number of aromatic nitrogens is 3. The number of hydrogen-bond acceptors (Lipinski definition) is 4. The fraction of sp³-hybridized carbons (Fsp3) is 0.750. The smallest absolute Gasteiger partial charge is 0.151 e. The molecule has 0 radical (unpaired) electrons. The van der Waals surface area contributed by atoms with Crippen LogP contribution in [-0.4, -0.2) is 28.3 Å². The molecule has 1 aliphatic rings. The Hall–Kier alpha value is -1.03. The Morgan fingerprint density at radius 1 is 1.38 bits per heavy atom. The highest BCUT2D eigenvalue weighted by atomic mass is 15.1. The minimum atomic E-state index is 0.736. The van der Waals surface area contributed by atoms with Gasteiger partial charge in [0.2, 0.25) is 0 Å². The molecule has 1 aromatic rings. The highest BCUT2D eigenvalue weighted by molar-refractivity contribution is 4.97. The van der Waals surface area contributed by atoms with Gasteiger partial charge in [0.15, 0.2) is 5.82 Å². The average Bonchev–Trinajstić information content (AvgIpc) is 2.31. The van der Waals surface area contributed by atoms with Crippen molar-refractivity contribution in [3.8, 4) is 0 Å². The van der Waals surface area contributed by atoms with E-state index < -0.39 is 0 Å². The second kappa shape index (κ2) is 5.89. The Labute approximate surface area is 96.9 Å². The van der Waals surface area contributed by atoms with Crippen molar-refractivity contribution in [2.24, 2.45) is 5.92 Å². The summed E-state index contributed by atoms with van der Waals surface area (Å²) in [6, 6.07) is 0. The molecule has 1 aliphatic heterocycles. The third-order valence-corrected chi connectivity index (χ3v) is 3.09. The number of nitrogens with one attached hydrogen (secondary N) is 1. The first-order chi connectivity index (χ1) is 7.88. The Morgan fingerprint density at radius 2 is 2.19 bits per heavy atom. The SMILES string of the molecule is CCCc1cnnc(CC2CCNCC2)n1. The Balaban J connectivity index is 1.94. The zero-order valence-electron chi connectivity index (χ0n) is 9.95. The van der Waals surface area contributed by atoms with Gasteiger partial charge in [-0.1, -0.05) is 13.3 Å². The van der Waals surface area contributed by atoms with Gasteiger partial charge in [0.1, 0.15) is 0 Å². The van der Waals surface area contributed by atoms with Gasteiger partial charge < -0.3 is 5.32 Å². The molecule has 1 N–H and O–H groups in total. The lowest BCUT2D eigenvalue weighted by Crippen LogP contribution is -2.29. The van der Waals surface area contributed by atoms with Crippen molar-refractivity contribution < 1.29 is 0 Å². The highest BCUT2D eigenvalue weighted by Gasteiger charge is 2.15. The molecule has 0 amide bonds. The molecule has 2 heterocycles. The fourth-order valence-corrected chi connectivity index (χ4v) is 2.19. The maximum Gasteiger partial charge on any atom is 0.151 e. The van der Waals surface area contributed by atoms with Gasteiger partial charge in [0, 0.05) is 6.42 Å². The summed E-state index contributed by atoms with van der Waals surface area (Å²) in [6.07, 6.45) is 7.38. The van der Waals surface area contributed by atoms with Crippen molar-refractivity contribution in [3.05, 3.63) is 17.7 Å². The lowest BCUT2D eigenvalue weighted by atomic mass is 9.94. The normalized spacial score (nSPS) is 17.6. The molecule has 4 nitrogen and oxygen atoms in total. The maximum atomic E-state index is 4.56. The maximum absolute atomic E-state index is 4.56. The fourth-order valence-electron chi connectivity index (χ4n) is 2.19. The summed E-state index contributed by atoms with van der Waals surface area (Å²) in [5.74, 6) is 1.66. The minimum absolute atomic E-state index is 0.736. The van der Waals surface area contributed by atoms with Crippen molar-refractivity contribution in [1.29, 1.82) is 0 Å². The summed E-state index contributed by atoms with van der Waals surface area (Å²) >= 11 is 0. The first-order valence-corrected chi connectivity index (χ1v) is 6.26. The zero-order chi connectivity index (χ0) is 11.2. The van der Waals surface area contributed by atoms with Crippen LogP contribution in [0.4, 0.5) is 0 Å². The molecule has 88 valence electrons. The van der Waals surface area contributed by atoms with Crippen LogP contribution in [0.5, 0.6) is 0 Å². The van der Waals surface area contributed by atoms with Crippen LogP contribution in [0.25, 0.3) is 0 Å². The van der Waals surface area contributed by atoms with E-state index >= 15 is 0 Å².